The third kappa shape index (κ3) is 8.78. The van der Waals surface area contributed by atoms with Gasteiger partial charge in [0.25, 0.3) is 5.91 Å². The summed E-state index contributed by atoms with van der Waals surface area (Å²) in [5, 5.41) is 13.1. The fourth-order valence-electron chi connectivity index (χ4n) is 3.86. The van der Waals surface area contributed by atoms with Crippen LogP contribution in [0, 0.1) is 6.92 Å². The van der Waals surface area contributed by atoms with Crippen molar-refractivity contribution in [2.45, 2.75) is 31.3 Å². The summed E-state index contributed by atoms with van der Waals surface area (Å²) in [6.45, 7) is 1.63. The van der Waals surface area contributed by atoms with Gasteiger partial charge in [-0.3, -0.25) is 4.79 Å². The summed E-state index contributed by atoms with van der Waals surface area (Å²) >= 11 is 7.38. The van der Waals surface area contributed by atoms with E-state index < -0.39 is 28.3 Å². The van der Waals surface area contributed by atoms with Crippen molar-refractivity contribution in [1.29, 1.82) is 0 Å². The standard InChI is InChI=1S/C29H27ClN2O7S2/c1-19-16-31-27(40-19)17-38-23-6-2-5-21(15-23)29(35)32-25-14-20(7-12-26(25)39-18-28(33)34)4-3-13-41(36,37)24-10-8-22(30)9-11-24/h2,5-12,14-16H,3-4,13,17-18H2,1H3,(H,32,35)(H,33,34). The average Bonchev–Trinajstić information content (AvgIpc) is 3.36. The molecule has 0 saturated carbocycles. The molecule has 0 aliphatic heterocycles. The van der Waals surface area contributed by atoms with Crippen LogP contribution in [0.5, 0.6) is 11.5 Å². The molecule has 2 N–H and O–H groups in total. The molecular formula is C29H27ClN2O7S2. The Balaban J connectivity index is 1.45. The molecule has 0 saturated heterocycles. The van der Waals surface area contributed by atoms with Crippen LogP contribution in [0.3, 0.4) is 0 Å². The third-order valence-electron chi connectivity index (χ3n) is 5.82. The van der Waals surface area contributed by atoms with E-state index in [9.17, 15) is 18.0 Å². The van der Waals surface area contributed by atoms with Gasteiger partial charge in [-0.25, -0.2) is 18.2 Å². The average molecular weight is 615 g/mol. The quantitative estimate of drug-likeness (QED) is 0.193. The lowest BCUT2D eigenvalue weighted by Gasteiger charge is -2.14. The number of benzene rings is 3. The highest BCUT2D eigenvalue weighted by molar-refractivity contribution is 7.91. The molecule has 1 heterocycles. The SMILES string of the molecule is Cc1cnc(COc2cccc(C(=O)Nc3cc(CCCS(=O)(=O)c4ccc(Cl)cc4)ccc3OCC(=O)O)c2)s1. The molecule has 0 radical (unpaired) electrons. The van der Waals surface area contributed by atoms with Gasteiger partial charge in [0.2, 0.25) is 0 Å². The largest absolute Gasteiger partial charge is 0.486 e. The first kappa shape index (κ1) is 30.0. The molecule has 1 aromatic heterocycles. The van der Waals surface area contributed by atoms with E-state index in [0.717, 1.165) is 15.4 Å². The highest BCUT2D eigenvalue weighted by atomic mass is 35.5. The molecule has 1 amide bonds. The fraction of sp³-hybridized carbons (Fsp3) is 0.207. The Morgan fingerprint density at radius 1 is 1.05 bits per heavy atom. The fourth-order valence-corrected chi connectivity index (χ4v) is 5.99. The van der Waals surface area contributed by atoms with Crippen molar-refractivity contribution in [2.24, 2.45) is 0 Å². The Morgan fingerprint density at radius 3 is 2.54 bits per heavy atom. The predicted octanol–water partition coefficient (Wildman–Crippen LogP) is 5.81. The van der Waals surface area contributed by atoms with E-state index in [1.54, 1.807) is 48.7 Å². The number of carboxylic acid groups (broad SMARTS) is 1. The smallest absolute Gasteiger partial charge is 0.341 e. The van der Waals surface area contributed by atoms with Gasteiger partial charge in [-0.1, -0.05) is 23.7 Å². The van der Waals surface area contributed by atoms with Gasteiger partial charge in [0.1, 0.15) is 23.1 Å². The van der Waals surface area contributed by atoms with Crippen LogP contribution in [0.4, 0.5) is 5.69 Å². The minimum Gasteiger partial charge on any atom is -0.486 e. The number of halogens is 1. The first-order chi connectivity index (χ1) is 19.6. The summed E-state index contributed by atoms with van der Waals surface area (Å²) in [4.78, 5) is 29.7. The second-order valence-electron chi connectivity index (χ2n) is 9.02. The first-order valence-electron chi connectivity index (χ1n) is 12.5. The van der Waals surface area contributed by atoms with Crippen LogP contribution in [0.2, 0.25) is 5.02 Å². The van der Waals surface area contributed by atoms with E-state index >= 15 is 0 Å². The zero-order valence-corrected chi connectivity index (χ0v) is 24.4. The highest BCUT2D eigenvalue weighted by Crippen LogP contribution is 2.28. The monoisotopic (exact) mass is 614 g/mol. The number of amides is 1. The molecule has 12 heteroatoms. The number of hydrogen-bond acceptors (Lipinski definition) is 8. The zero-order valence-electron chi connectivity index (χ0n) is 22.0. The Bertz CT molecular complexity index is 1640. The van der Waals surface area contributed by atoms with E-state index in [0.29, 0.717) is 29.2 Å². The van der Waals surface area contributed by atoms with Crippen molar-refractivity contribution in [1.82, 2.24) is 4.98 Å². The van der Waals surface area contributed by atoms with Crippen molar-refractivity contribution >= 4 is 50.3 Å². The molecule has 0 aliphatic carbocycles. The van der Waals surface area contributed by atoms with Gasteiger partial charge in [-0.2, -0.15) is 0 Å². The molecule has 214 valence electrons. The minimum absolute atomic E-state index is 0.0824. The van der Waals surface area contributed by atoms with E-state index in [1.807, 2.05) is 6.92 Å². The predicted molar refractivity (Wildman–Crippen MR) is 157 cm³/mol. The second kappa shape index (κ2) is 13.6. The number of nitrogens with one attached hydrogen (secondary N) is 1. The molecule has 0 fully saturated rings. The molecule has 0 aliphatic rings. The number of rotatable bonds is 13. The van der Waals surface area contributed by atoms with Crippen molar-refractivity contribution in [3.8, 4) is 11.5 Å². The van der Waals surface area contributed by atoms with E-state index in [2.05, 4.69) is 10.3 Å². The van der Waals surface area contributed by atoms with E-state index in [1.165, 1.54) is 35.6 Å². The number of sulfone groups is 1. The molecule has 0 spiro atoms. The lowest BCUT2D eigenvalue weighted by atomic mass is 10.1. The maximum atomic E-state index is 13.1. The topological polar surface area (TPSA) is 132 Å². The van der Waals surface area contributed by atoms with Gasteiger partial charge >= 0.3 is 5.97 Å². The molecule has 4 rings (SSSR count). The van der Waals surface area contributed by atoms with Crippen molar-refractivity contribution < 1.29 is 32.6 Å². The van der Waals surface area contributed by atoms with Crippen LogP contribution in [0.15, 0.2) is 77.8 Å². The number of anilines is 1. The zero-order chi connectivity index (χ0) is 29.4. The van der Waals surface area contributed by atoms with Crippen molar-refractivity contribution in [3.63, 3.8) is 0 Å². The van der Waals surface area contributed by atoms with E-state index in [-0.39, 0.29) is 28.7 Å². The lowest BCUT2D eigenvalue weighted by molar-refractivity contribution is -0.139. The minimum atomic E-state index is -3.50. The first-order valence-corrected chi connectivity index (χ1v) is 15.3. The molecule has 0 unspecified atom stereocenters. The van der Waals surface area contributed by atoms with Crippen LogP contribution < -0.4 is 14.8 Å². The van der Waals surface area contributed by atoms with Gasteiger partial charge in [0.15, 0.2) is 16.4 Å². The molecule has 0 atom stereocenters. The summed E-state index contributed by atoms with van der Waals surface area (Å²) < 4.78 is 36.5. The highest BCUT2D eigenvalue weighted by Gasteiger charge is 2.16. The number of aryl methyl sites for hydroxylation is 2. The summed E-state index contributed by atoms with van der Waals surface area (Å²) in [7, 11) is -3.50. The number of aromatic nitrogens is 1. The number of carbonyl (C=O) groups is 2. The van der Waals surface area contributed by atoms with Gasteiger partial charge in [0.05, 0.1) is 16.3 Å². The Labute approximate surface area is 246 Å². The maximum Gasteiger partial charge on any atom is 0.341 e. The second-order valence-corrected chi connectivity index (χ2v) is 12.9. The third-order valence-corrected chi connectivity index (χ3v) is 8.78. The summed E-state index contributed by atoms with van der Waals surface area (Å²) in [6.07, 6.45) is 2.49. The van der Waals surface area contributed by atoms with Gasteiger partial charge in [-0.15, -0.1) is 11.3 Å². The number of nitrogens with zero attached hydrogens (tertiary/aromatic N) is 1. The summed E-state index contributed by atoms with van der Waals surface area (Å²) in [5.41, 5.74) is 1.32. The Hall–Kier alpha value is -3.93. The molecule has 4 aromatic rings. The van der Waals surface area contributed by atoms with Crippen molar-refractivity contribution in [2.75, 3.05) is 17.7 Å². The molecule has 41 heavy (non-hydrogen) atoms. The van der Waals surface area contributed by atoms with Gasteiger partial charge in [0, 0.05) is 21.7 Å². The Kier molecular flexibility index (Phi) is 9.98. The number of carbonyl (C=O) groups excluding carboxylic acids is 1. The summed E-state index contributed by atoms with van der Waals surface area (Å²) in [5.74, 6) is -1.04. The van der Waals surface area contributed by atoms with Crippen LogP contribution in [0.1, 0.15) is 32.2 Å². The van der Waals surface area contributed by atoms with Crippen LogP contribution >= 0.6 is 22.9 Å². The summed E-state index contributed by atoms with van der Waals surface area (Å²) in [6, 6.07) is 17.6. The number of carboxylic acids is 1. The van der Waals surface area contributed by atoms with Crippen LogP contribution in [-0.2, 0) is 27.7 Å². The maximum absolute atomic E-state index is 13.1. The van der Waals surface area contributed by atoms with Crippen molar-refractivity contribution in [3.05, 3.63) is 99.0 Å². The molecule has 9 nitrogen and oxygen atoms in total. The molecule has 0 bridgehead atoms. The van der Waals surface area contributed by atoms with Gasteiger partial charge < -0.3 is 19.9 Å². The van der Waals surface area contributed by atoms with E-state index in [4.69, 9.17) is 26.2 Å². The lowest BCUT2D eigenvalue weighted by Crippen LogP contribution is -2.15. The number of aliphatic carboxylic acids is 1. The van der Waals surface area contributed by atoms with Crippen LogP contribution in [0.25, 0.3) is 0 Å². The van der Waals surface area contributed by atoms with Gasteiger partial charge in [-0.05, 0) is 79.9 Å². The molecular weight excluding hydrogens is 588 g/mol. The number of thiazole rings is 1. The normalized spacial score (nSPS) is 11.2. The molecule has 3 aromatic carbocycles. The number of ether oxygens (including phenoxy) is 2. The van der Waals surface area contributed by atoms with Crippen LogP contribution in [-0.4, -0.2) is 42.7 Å². The number of hydrogen-bond donors (Lipinski definition) is 2. The Morgan fingerprint density at radius 2 is 1.83 bits per heavy atom.